The molecule has 50 heavy (non-hydrogen) atoms. The maximum atomic E-state index is 13.7. The molecule has 3 aliphatic rings. The van der Waals surface area contributed by atoms with Crippen LogP contribution in [-0.4, -0.2) is 78.5 Å². The van der Waals surface area contributed by atoms with Gasteiger partial charge in [0.15, 0.2) is 0 Å². The second kappa shape index (κ2) is 12.2. The number of hydrogen-bond donors (Lipinski definition) is 6. The summed E-state index contributed by atoms with van der Waals surface area (Å²) >= 11 is 0. The summed E-state index contributed by atoms with van der Waals surface area (Å²) in [6.07, 6.45) is 1.41. The third-order valence-electron chi connectivity index (χ3n) is 12.6. The molecule has 4 aromatic carbocycles. The molecular formula is C42H48O8. The minimum absolute atomic E-state index is 0.297. The summed E-state index contributed by atoms with van der Waals surface area (Å²) in [7, 11) is 3.10. The van der Waals surface area contributed by atoms with Crippen LogP contribution < -0.4 is 9.47 Å². The lowest BCUT2D eigenvalue weighted by molar-refractivity contribution is -0.380. The van der Waals surface area contributed by atoms with Crippen LogP contribution in [0.3, 0.4) is 0 Å². The van der Waals surface area contributed by atoms with E-state index in [9.17, 15) is 30.6 Å². The summed E-state index contributed by atoms with van der Waals surface area (Å²) in [5, 5.41) is 81.4. The van der Waals surface area contributed by atoms with Gasteiger partial charge < -0.3 is 40.1 Å². The van der Waals surface area contributed by atoms with Crippen LogP contribution in [0, 0.1) is 5.41 Å². The standard InChI is InChI=1S/C42H48O8/c1-49-34-20-16-32(17-21-34)26-37(43)38(44,27-33-18-22-35(50-2)23-19-33)40(46,29-31-14-8-4-9-15-31)42(48)36(24-10-5-11-25-36)41(42,47)39(37,45)28-30-12-6-3-7-13-30/h3-4,6-9,12-23,43-48H,5,10-11,24-29H2,1-2H3/t37-,38-,39+,40+,41-,42+/m1/s1. The maximum absolute atomic E-state index is 13.7. The van der Waals surface area contributed by atoms with E-state index in [0.717, 1.165) is 6.42 Å². The summed E-state index contributed by atoms with van der Waals surface area (Å²) in [6.45, 7) is 0. The molecule has 0 bridgehead atoms. The Morgan fingerprint density at radius 1 is 0.420 bits per heavy atom. The molecule has 0 unspecified atom stereocenters. The van der Waals surface area contributed by atoms with E-state index in [1.165, 1.54) is 0 Å². The molecule has 6 N–H and O–H groups in total. The molecule has 264 valence electrons. The minimum Gasteiger partial charge on any atom is -0.497 e. The van der Waals surface area contributed by atoms with Crippen LogP contribution in [0.1, 0.15) is 54.4 Å². The maximum Gasteiger partial charge on any atom is 0.137 e. The Balaban J connectivity index is 1.54. The van der Waals surface area contributed by atoms with Gasteiger partial charge >= 0.3 is 0 Å². The van der Waals surface area contributed by atoms with Gasteiger partial charge in [0, 0.05) is 31.1 Å². The number of methoxy groups -OCH3 is 2. The molecule has 7 rings (SSSR count). The van der Waals surface area contributed by atoms with Crippen LogP contribution in [0.15, 0.2) is 109 Å². The molecule has 3 aliphatic carbocycles. The van der Waals surface area contributed by atoms with E-state index < -0.39 is 39.0 Å². The van der Waals surface area contributed by atoms with Crippen LogP contribution in [0.4, 0.5) is 0 Å². The normalized spacial score (nSPS) is 34.2. The third kappa shape index (κ3) is 4.46. The fraction of sp³-hybridized carbons (Fsp3) is 0.429. The zero-order valence-electron chi connectivity index (χ0n) is 28.8. The Hall–Kier alpha value is -3.76. The van der Waals surface area contributed by atoms with Gasteiger partial charge in [0.05, 0.1) is 14.2 Å². The number of ether oxygens (including phenoxy) is 2. The molecule has 3 saturated carbocycles. The molecule has 0 aromatic heterocycles. The smallest absolute Gasteiger partial charge is 0.137 e. The zero-order valence-corrected chi connectivity index (χ0v) is 28.8. The monoisotopic (exact) mass is 680 g/mol. The topological polar surface area (TPSA) is 140 Å². The number of benzene rings is 4. The van der Waals surface area contributed by atoms with Gasteiger partial charge in [-0.1, -0.05) is 104 Å². The number of fused-ring (bicyclic) bond motifs is 3. The van der Waals surface area contributed by atoms with Crippen molar-refractivity contribution in [1.29, 1.82) is 0 Å². The fourth-order valence-corrected chi connectivity index (χ4v) is 10.2. The van der Waals surface area contributed by atoms with Crippen LogP contribution in [-0.2, 0) is 25.7 Å². The molecule has 8 nitrogen and oxygen atoms in total. The van der Waals surface area contributed by atoms with Crippen molar-refractivity contribution in [3.63, 3.8) is 0 Å². The number of rotatable bonds is 10. The quantitative estimate of drug-likeness (QED) is 0.146. The van der Waals surface area contributed by atoms with E-state index in [1.807, 2.05) is 12.1 Å². The highest BCUT2D eigenvalue weighted by Crippen LogP contribution is 2.84. The molecule has 0 aliphatic heterocycles. The molecule has 3 fully saturated rings. The summed E-state index contributed by atoms with van der Waals surface area (Å²) < 4.78 is 10.8. The molecule has 1 spiro atoms. The summed E-state index contributed by atoms with van der Waals surface area (Å²) in [5.41, 5.74) is -14.4. The van der Waals surface area contributed by atoms with E-state index in [0.29, 0.717) is 59.4 Å². The highest BCUT2D eigenvalue weighted by molar-refractivity contribution is 5.57. The molecular weight excluding hydrogens is 632 g/mol. The van der Waals surface area contributed by atoms with Gasteiger partial charge in [-0.3, -0.25) is 0 Å². The Morgan fingerprint density at radius 3 is 1.08 bits per heavy atom. The van der Waals surface area contributed by atoms with Crippen molar-refractivity contribution in [3.05, 3.63) is 131 Å². The van der Waals surface area contributed by atoms with Gasteiger partial charge in [-0.05, 0) is 59.4 Å². The molecule has 8 heteroatoms. The lowest BCUT2D eigenvalue weighted by Gasteiger charge is -2.65. The molecule has 0 heterocycles. The zero-order chi connectivity index (χ0) is 35.5. The first kappa shape index (κ1) is 34.7. The lowest BCUT2D eigenvalue weighted by Crippen LogP contribution is -2.89. The molecule has 4 aromatic rings. The van der Waals surface area contributed by atoms with Crippen molar-refractivity contribution in [1.82, 2.24) is 0 Å². The highest BCUT2D eigenvalue weighted by atomic mass is 16.5. The van der Waals surface area contributed by atoms with Crippen molar-refractivity contribution in [2.24, 2.45) is 5.41 Å². The van der Waals surface area contributed by atoms with E-state index in [2.05, 4.69) is 0 Å². The summed E-state index contributed by atoms with van der Waals surface area (Å²) in [5.74, 6) is 1.16. The van der Waals surface area contributed by atoms with Gasteiger partial charge in [-0.2, -0.15) is 0 Å². The summed E-state index contributed by atoms with van der Waals surface area (Å²) in [4.78, 5) is 0. The first-order valence-corrected chi connectivity index (χ1v) is 17.6. The van der Waals surface area contributed by atoms with Crippen molar-refractivity contribution >= 4 is 0 Å². The van der Waals surface area contributed by atoms with Crippen LogP contribution in [0.2, 0.25) is 0 Å². The average Bonchev–Trinajstić information content (AvgIpc) is 3.57. The first-order valence-electron chi connectivity index (χ1n) is 17.6. The van der Waals surface area contributed by atoms with Crippen molar-refractivity contribution < 1.29 is 40.1 Å². The lowest BCUT2D eigenvalue weighted by atomic mass is 9.49. The van der Waals surface area contributed by atoms with Crippen LogP contribution in [0.25, 0.3) is 0 Å². The van der Waals surface area contributed by atoms with E-state index in [1.54, 1.807) is 111 Å². The fourth-order valence-electron chi connectivity index (χ4n) is 10.2. The van der Waals surface area contributed by atoms with Crippen molar-refractivity contribution in [3.8, 4) is 11.5 Å². The van der Waals surface area contributed by atoms with Crippen LogP contribution >= 0.6 is 0 Å². The first-order chi connectivity index (χ1) is 23.9. The van der Waals surface area contributed by atoms with Gasteiger partial charge in [-0.15, -0.1) is 0 Å². The predicted octanol–water partition coefficient (Wildman–Crippen LogP) is 4.34. The second-order valence-corrected chi connectivity index (χ2v) is 14.9. The van der Waals surface area contributed by atoms with Crippen LogP contribution in [0.5, 0.6) is 11.5 Å². The molecule has 0 saturated heterocycles. The van der Waals surface area contributed by atoms with Crippen molar-refractivity contribution in [2.75, 3.05) is 14.2 Å². The third-order valence-corrected chi connectivity index (χ3v) is 12.6. The Labute approximate surface area is 293 Å². The van der Waals surface area contributed by atoms with Gasteiger partial charge in [0.2, 0.25) is 0 Å². The Bertz CT molecular complexity index is 1670. The number of aliphatic hydroxyl groups is 6. The van der Waals surface area contributed by atoms with Gasteiger partial charge in [0.25, 0.3) is 0 Å². The predicted molar refractivity (Wildman–Crippen MR) is 189 cm³/mol. The minimum atomic E-state index is -2.64. The van der Waals surface area contributed by atoms with Gasteiger partial charge in [-0.25, -0.2) is 0 Å². The van der Waals surface area contributed by atoms with E-state index >= 15 is 0 Å². The molecule has 0 radical (unpaired) electrons. The molecule has 6 atom stereocenters. The Morgan fingerprint density at radius 2 is 0.740 bits per heavy atom. The highest BCUT2D eigenvalue weighted by Gasteiger charge is 3.04. The van der Waals surface area contributed by atoms with E-state index in [-0.39, 0.29) is 25.7 Å². The largest absolute Gasteiger partial charge is 0.497 e. The summed E-state index contributed by atoms with van der Waals surface area (Å²) in [6, 6.07) is 31.9. The Kier molecular flexibility index (Phi) is 8.45. The van der Waals surface area contributed by atoms with Gasteiger partial charge in [0.1, 0.15) is 45.1 Å². The average molecular weight is 681 g/mol. The SMILES string of the molecule is COc1ccc(C[C@@]2(O)[C@](O)(Cc3ccc(OC)cc3)[C@@](O)(Cc3ccccc3)[C@@]3(O)C4(CCCCC4)[C@@]3(O)[C@]2(O)Cc2ccccc2)cc1. The number of hydrogen-bond acceptors (Lipinski definition) is 8. The van der Waals surface area contributed by atoms with E-state index in [4.69, 9.17) is 9.47 Å². The van der Waals surface area contributed by atoms with Crippen molar-refractivity contribution in [2.45, 2.75) is 91.4 Å². The molecule has 0 amide bonds. The second-order valence-electron chi connectivity index (χ2n) is 14.9.